The van der Waals surface area contributed by atoms with E-state index in [9.17, 15) is 0 Å². The minimum atomic E-state index is 0.103. The van der Waals surface area contributed by atoms with Gasteiger partial charge in [0.25, 0.3) is 0 Å². The van der Waals surface area contributed by atoms with E-state index in [1.54, 1.807) is 7.11 Å². The molecule has 0 spiro atoms. The van der Waals surface area contributed by atoms with Crippen LogP contribution in [0.1, 0.15) is 28.3 Å². The molecule has 0 aliphatic heterocycles. The first-order valence-corrected chi connectivity index (χ1v) is 8.34. The number of methoxy groups -OCH3 is 1. The van der Waals surface area contributed by atoms with Crippen LogP contribution in [0.25, 0.3) is 0 Å². The molecule has 1 atom stereocenters. The van der Waals surface area contributed by atoms with Crippen molar-refractivity contribution in [3.8, 4) is 5.75 Å². The molecule has 0 saturated carbocycles. The van der Waals surface area contributed by atoms with Crippen molar-refractivity contribution >= 4 is 31.9 Å². The van der Waals surface area contributed by atoms with Gasteiger partial charge in [0, 0.05) is 8.95 Å². The van der Waals surface area contributed by atoms with E-state index in [1.165, 1.54) is 16.7 Å². The molecular formula is C17H19Br2NO. The number of hydrogen-bond donors (Lipinski definition) is 1. The van der Waals surface area contributed by atoms with Crippen molar-refractivity contribution in [2.45, 2.75) is 19.9 Å². The summed E-state index contributed by atoms with van der Waals surface area (Å²) in [7, 11) is 3.68. The highest BCUT2D eigenvalue weighted by molar-refractivity contribution is 9.11. The van der Waals surface area contributed by atoms with E-state index in [0.717, 1.165) is 20.3 Å². The zero-order chi connectivity index (χ0) is 15.6. The molecule has 2 nitrogen and oxygen atoms in total. The summed E-state index contributed by atoms with van der Waals surface area (Å²) in [4.78, 5) is 0. The molecule has 21 heavy (non-hydrogen) atoms. The van der Waals surface area contributed by atoms with E-state index in [-0.39, 0.29) is 6.04 Å². The third-order valence-electron chi connectivity index (χ3n) is 3.64. The first-order valence-electron chi connectivity index (χ1n) is 6.75. The zero-order valence-corrected chi connectivity index (χ0v) is 15.8. The van der Waals surface area contributed by atoms with Crippen LogP contribution in [0.2, 0.25) is 0 Å². The van der Waals surface area contributed by atoms with E-state index in [2.05, 4.69) is 81.4 Å². The Morgan fingerprint density at radius 3 is 2.33 bits per heavy atom. The second-order valence-electron chi connectivity index (χ2n) is 5.07. The standard InChI is InChI=1S/C17H19Br2NO/c1-10-5-6-12(8-16(10)21-4)17(20-3)13-9-14(18)11(2)7-15(13)19/h5-9,17,20H,1-4H3. The maximum Gasteiger partial charge on any atom is 0.122 e. The van der Waals surface area contributed by atoms with Crippen molar-refractivity contribution in [1.82, 2.24) is 5.32 Å². The molecule has 4 heteroatoms. The Bertz CT molecular complexity index is 655. The fraction of sp³-hybridized carbons (Fsp3) is 0.294. The molecule has 0 bridgehead atoms. The number of rotatable bonds is 4. The molecule has 2 aromatic carbocycles. The molecule has 2 rings (SSSR count). The van der Waals surface area contributed by atoms with Gasteiger partial charge in [-0.3, -0.25) is 0 Å². The third-order valence-corrected chi connectivity index (χ3v) is 5.18. The molecule has 0 aliphatic rings. The van der Waals surface area contributed by atoms with E-state index in [4.69, 9.17) is 4.74 Å². The van der Waals surface area contributed by atoms with Gasteiger partial charge in [-0.25, -0.2) is 0 Å². The smallest absolute Gasteiger partial charge is 0.122 e. The van der Waals surface area contributed by atoms with Gasteiger partial charge in [-0.2, -0.15) is 0 Å². The Labute approximate surface area is 143 Å². The van der Waals surface area contributed by atoms with Crippen molar-refractivity contribution in [3.63, 3.8) is 0 Å². The molecule has 0 aliphatic carbocycles. The highest BCUT2D eigenvalue weighted by Gasteiger charge is 2.17. The van der Waals surface area contributed by atoms with Gasteiger partial charge in [-0.1, -0.05) is 44.0 Å². The Hall–Kier alpha value is -0.840. The van der Waals surface area contributed by atoms with Crippen molar-refractivity contribution < 1.29 is 4.74 Å². The van der Waals surface area contributed by atoms with Gasteiger partial charge in [0.05, 0.1) is 13.2 Å². The van der Waals surface area contributed by atoms with Crippen LogP contribution in [-0.4, -0.2) is 14.2 Å². The quantitative estimate of drug-likeness (QED) is 0.749. The van der Waals surface area contributed by atoms with Crippen LogP contribution in [0.5, 0.6) is 5.75 Å². The summed E-state index contributed by atoms with van der Waals surface area (Å²) in [6.45, 7) is 4.14. The maximum atomic E-state index is 5.44. The van der Waals surface area contributed by atoms with E-state index >= 15 is 0 Å². The average Bonchev–Trinajstić information content (AvgIpc) is 2.46. The van der Waals surface area contributed by atoms with Crippen molar-refractivity contribution in [2.75, 3.05) is 14.2 Å². The van der Waals surface area contributed by atoms with Gasteiger partial charge >= 0.3 is 0 Å². The Kier molecular flexibility index (Phi) is 5.47. The van der Waals surface area contributed by atoms with Crippen molar-refractivity contribution in [1.29, 1.82) is 0 Å². The summed E-state index contributed by atoms with van der Waals surface area (Å²) in [5.41, 5.74) is 4.72. The van der Waals surface area contributed by atoms with Crippen LogP contribution in [0.4, 0.5) is 0 Å². The highest BCUT2D eigenvalue weighted by atomic mass is 79.9. The molecule has 0 aromatic heterocycles. The second-order valence-corrected chi connectivity index (χ2v) is 6.78. The molecule has 0 saturated heterocycles. The van der Waals surface area contributed by atoms with Gasteiger partial charge in [0.1, 0.15) is 5.75 Å². The monoisotopic (exact) mass is 411 g/mol. The average molecular weight is 413 g/mol. The van der Waals surface area contributed by atoms with Crippen molar-refractivity contribution in [3.05, 3.63) is 61.5 Å². The zero-order valence-electron chi connectivity index (χ0n) is 12.6. The Morgan fingerprint density at radius 1 is 1.00 bits per heavy atom. The molecular weight excluding hydrogens is 394 g/mol. The lowest BCUT2D eigenvalue weighted by molar-refractivity contribution is 0.410. The topological polar surface area (TPSA) is 21.3 Å². The van der Waals surface area contributed by atoms with E-state index < -0.39 is 0 Å². The van der Waals surface area contributed by atoms with E-state index in [0.29, 0.717) is 0 Å². The first kappa shape index (κ1) is 16.5. The number of benzene rings is 2. The minimum absolute atomic E-state index is 0.103. The summed E-state index contributed by atoms with van der Waals surface area (Å²) < 4.78 is 7.65. The number of aryl methyl sites for hydroxylation is 2. The number of ether oxygens (including phenoxy) is 1. The lowest BCUT2D eigenvalue weighted by Gasteiger charge is -2.21. The molecule has 2 aromatic rings. The minimum Gasteiger partial charge on any atom is -0.496 e. The molecule has 0 amide bonds. The van der Waals surface area contributed by atoms with Crippen LogP contribution in [0.15, 0.2) is 39.3 Å². The molecule has 0 radical (unpaired) electrons. The van der Waals surface area contributed by atoms with Crippen molar-refractivity contribution in [2.24, 2.45) is 0 Å². The van der Waals surface area contributed by atoms with Crippen LogP contribution in [0.3, 0.4) is 0 Å². The molecule has 0 fully saturated rings. The Morgan fingerprint density at radius 2 is 1.71 bits per heavy atom. The Balaban J connectivity index is 2.52. The number of halogens is 2. The summed E-state index contributed by atoms with van der Waals surface area (Å²) in [5, 5.41) is 3.39. The third kappa shape index (κ3) is 3.50. The fourth-order valence-corrected chi connectivity index (χ4v) is 3.45. The normalized spacial score (nSPS) is 12.3. The van der Waals surface area contributed by atoms with Gasteiger partial charge in [-0.15, -0.1) is 0 Å². The van der Waals surface area contributed by atoms with E-state index in [1.807, 2.05) is 7.05 Å². The number of hydrogen-bond acceptors (Lipinski definition) is 2. The molecule has 112 valence electrons. The second kappa shape index (κ2) is 6.95. The lowest BCUT2D eigenvalue weighted by atomic mass is 9.97. The number of nitrogens with one attached hydrogen (secondary N) is 1. The predicted molar refractivity (Wildman–Crippen MR) is 95.2 cm³/mol. The molecule has 0 heterocycles. The molecule has 1 unspecified atom stereocenters. The van der Waals surface area contributed by atoms with Gasteiger partial charge in [-0.05, 0) is 61.3 Å². The molecule has 1 N–H and O–H groups in total. The van der Waals surface area contributed by atoms with Gasteiger partial charge in [0.15, 0.2) is 0 Å². The summed E-state index contributed by atoms with van der Waals surface area (Å²) in [6.07, 6.45) is 0. The van der Waals surface area contributed by atoms with Crippen LogP contribution in [-0.2, 0) is 0 Å². The summed E-state index contributed by atoms with van der Waals surface area (Å²) >= 11 is 7.29. The van der Waals surface area contributed by atoms with Crippen LogP contribution in [0, 0.1) is 13.8 Å². The van der Waals surface area contributed by atoms with Gasteiger partial charge < -0.3 is 10.1 Å². The summed E-state index contributed by atoms with van der Waals surface area (Å²) in [5.74, 6) is 0.912. The predicted octanol–water partition coefficient (Wildman–Crippen LogP) is 5.15. The first-order chi connectivity index (χ1) is 9.97. The largest absolute Gasteiger partial charge is 0.496 e. The van der Waals surface area contributed by atoms with Gasteiger partial charge in [0.2, 0.25) is 0 Å². The summed E-state index contributed by atoms with van der Waals surface area (Å²) in [6, 6.07) is 10.7. The SMILES string of the molecule is CNC(c1ccc(C)c(OC)c1)c1cc(Br)c(C)cc1Br. The lowest BCUT2D eigenvalue weighted by Crippen LogP contribution is -2.18. The highest BCUT2D eigenvalue weighted by Crippen LogP contribution is 2.34. The van der Waals surface area contributed by atoms with Crippen LogP contribution >= 0.6 is 31.9 Å². The maximum absolute atomic E-state index is 5.44. The van der Waals surface area contributed by atoms with Crippen LogP contribution < -0.4 is 10.1 Å². The fourth-order valence-electron chi connectivity index (χ4n) is 2.40.